The number of quaternary nitrogens is 1. The molecule has 27 heavy (non-hydrogen) atoms. The van der Waals surface area contributed by atoms with Gasteiger partial charge in [0.15, 0.2) is 5.69 Å². The standard InChI is InChI=1S/C20H27N3O4/c1-12(2)18-9-15(13(3)8-16(18)11-24)10-19-21-22-20(27-19)14-4-6-17(7-5-14)23(25)26/h4-8,12,15-16,18,23-25H,9-11H2,1-3H3/t15-,16-,18-/m0/s1. The van der Waals surface area contributed by atoms with Gasteiger partial charge in [0.25, 0.3) is 0 Å². The summed E-state index contributed by atoms with van der Waals surface area (Å²) in [6.45, 7) is 6.69. The van der Waals surface area contributed by atoms with Gasteiger partial charge in [0.05, 0.1) is 0 Å². The Morgan fingerprint density at radius 2 is 1.96 bits per heavy atom. The van der Waals surface area contributed by atoms with Crippen molar-refractivity contribution in [2.24, 2.45) is 23.7 Å². The van der Waals surface area contributed by atoms with Gasteiger partial charge in [0, 0.05) is 36.6 Å². The molecule has 1 aliphatic carbocycles. The van der Waals surface area contributed by atoms with Crippen LogP contribution in [-0.4, -0.2) is 27.1 Å². The van der Waals surface area contributed by atoms with Crippen molar-refractivity contribution >= 4 is 5.69 Å². The topological polar surface area (TPSA) is 107 Å². The van der Waals surface area contributed by atoms with Crippen molar-refractivity contribution in [1.29, 1.82) is 0 Å². The van der Waals surface area contributed by atoms with Gasteiger partial charge >= 0.3 is 0 Å². The van der Waals surface area contributed by atoms with Crippen LogP contribution in [0.5, 0.6) is 0 Å². The normalized spacial score (nSPS) is 24.1. The van der Waals surface area contributed by atoms with E-state index in [-0.39, 0.29) is 18.2 Å². The minimum atomic E-state index is -0.965. The van der Waals surface area contributed by atoms with Crippen LogP contribution in [0.1, 0.15) is 33.1 Å². The summed E-state index contributed by atoms with van der Waals surface area (Å²) in [6.07, 6.45) is 3.86. The number of hydrogen-bond acceptors (Lipinski definition) is 6. The van der Waals surface area contributed by atoms with Gasteiger partial charge in [-0.1, -0.05) is 25.5 Å². The highest BCUT2D eigenvalue weighted by Gasteiger charge is 2.32. The molecule has 0 fully saturated rings. The van der Waals surface area contributed by atoms with E-state index in [4.69, 9.17) is 9.62 Å². The number of aromatic nitrogens is 2. The third kappa shape index (κ3) is 4.44. The number of hydrogen-bond donors (Lipinski definition) is 3. The Balaban J connectivity index is 1.73. The summed E-state index contributed by atoms with van der Waals surface area (Å²) in [7, 11) is 0. The average Bonchev–Trinajstić information content (AvgIpc) is 3.11. The van der Waals surface area contributed by atoms with Crippen molar-refractivity contribution in [3.05, 3.63) is 47.0 Å². The molecule has 0 saturated carbocycles. The molecule has 1 heterocycles. The molecular weight excluding hydrogens is 346 g/mol. The van der Waals surface area contributed by atoms with Crippen LogP contribution in [0.25, 0.3) is 11.5 Å². The monoisotopic (exact) mass is 373 g/mol. The molecule has 7 heteroatoms. The van der Waals surface area contributed by atoms with Crippen LogP contribution in [0.3, 0.4) is 0 Å². The van der Waals surface area contributed by atoms with Crippen LogP contribution >= 0.6 is 0 Å². The first-order valence-corrected chi connectivity index (χ1v) is 9.34. The van der Waals surface area contributed by atoms with Crippen LogP contribution < -0.4 is 5.23 Å². The molecule has 3 rings (SSSR count). The van der Waals surface area contributed by atoms with E-state index in [1.165, 1.54) is 17.7 Å². The molecule has 1 aliphatic rings. The molecule has 2 aromatic rings. The van der Waals surface area contributed by atoms with Gasteiger partial charge in [0.2, 0.25) is 11.8 Å². The highest BCUT2D eigenvalue weighted by molar-refractivity contribution is 5.55. The van der Waals surface area contributed by atoms with Gasteiger partial charge < -0.3 is 14.7 Å². The summed E-state index contributed by atoms with van der Waals surface area (Å²) in [4.78, 5) is 0. The fourth-order valence-corrected chi connectivity index (χ4v) is 3.90. The van der Waals surface area contributed by atoms with Crippen LogP contribution in [0.15, 0.2) is 40.3 Å². The summed E-state index contributed by atoms with van der Waals surface area (Å²) >= 11 is 0. The van der Waals surface area contributed by atoms with E-state index in [0.29, 0.717) is 41.5 Å². The molecule has 1 unspecified atom stereocenters. The summed E-state index contributed by atoms with van der Waals surface area (Å²) < 4.78 is 5.82. The number of allylic oxidation sites excluding steroid dienone is 1. The van der Waals surface area contributed by atoms with Crippen molar-refractivity contribution in [3.63, 3.8) is 0 Å². The molecule has 3 N–H and O–H groups in total. The van der Waals surface area contributed by atoms with E-state index in [0.717, 1.165) is 6.42 Å². The Morgan fingerprint density at radius 1 is 1.26 bits per heavy atom. The van der Waals surface area contributed by atoms with Crippen molar-refractivity contribution in [2.75, 3.05) is 6.61 Å². The lowest BCUT2D eigenvalue weighted by atomic mass is 9.70. The Morgan fingerprint density at radius 3 is 2.56 bits per heavy atom. The number of nitrogens with one attached hydrogen (secondary N) is 1. The van der Waals surface area contributed by atoms with Gasteiger partial charge in [0.1, 0.15) is 0 Å². The molecule has 0 saturated heterocycles. The largest absolute Gasteiger partial charge is 0.595 e. The van der Waals surface area contributed by atoms with Crippen LogP contribution in [0, 0.1) is 28.9 Å². The second-order valence-electron chi connectivity index (χ2n) is 7.69. The molecule has 146 valence electrons. The lowest BCUT2D eigenvalue weighted by Gasteiger charge is -2.36. The molecule has 0 aliphatic heterocycles. The average molecular weight is 373 g/mol. The van der Waals surface area contributed by atoms with Crippen LogP contribution in [-0.2, 0) is 6.42 Å². The number of benzene rings is 1. The zero-order valence-electron chi connectivity index (χ0n) is 15.9. The predicted octanol–water partition coefficient (Wildman–Crippen LogP) is 2.53. The minimum Gasteiger partial charge on any atom is -0.595 e. The summed E-state index contributed by atoms with van der Waals surface area (Å²) in [5, 5.41) is 36.9. The summed E-state index contributed by atoms with van der Waals surface area (Å²) in [5.41, 5.74) is 2.19. The fraction of sp³-hybridized carbons (Fsp3) is 0.500. The van der Waals surface area contributed by atoms with E-state index >= 15 is 0 Å². The van der Waals surface area contributed by atoms with Gasteiger partial charge in [-0.3, -0.25) is 0 Å². The Bertz CT molecular complexity index is 783. The van der Waals surface area contributed by atoms with E-state index in [1.54, 1.807) is 12.1 Å². The van der Waals surface area contributed by atoms with Gasteiger partial charge in [-0.25, -0.2) is 5.21 Å². The lowest BCUT2D eigenvalue weighted by molar-refractivity contribution is -0.991. The van der Waals surface area contributed by atoms with Gasteiger partial charge in [-0.05, 0) is 43.2 Å². The molecule has 0 amide bonds. The van der Waals surface area contributed by atoms with Crippen molar-refractivity contribution in [3.8, 4) is 11.5 Å². The molecular formula is C20H27N3O4. The molecule has 1 aromatic carbocycles. The maximum Gasteiger partial charge on any atom is 0.247 e. The van der Waals surface area contributed by atoms with E-state index < -0.39 is 5.23 Å². The number of nitrogens with zero attached hydrogens (tertiary/aromatic N) is 2. The van der Waals surface area contributed by atoms with E-state index in [2.05, 4.69) is 37.0 Å². The zero-order chi connectivity index (χ0) is 19.6. The number of rotatable bonds is 6. The zero-order valence-corrected chi connectivity index (χ0v) is 15.9. The SMILES string of the molecule is CC1=C[C@@H](CO)[C@H](C(C)C)C[C@H]1Cc1nnc(-c2ccc([NH+]([O-])O)cc2)o1. The van der Waals surface area contributed by atoms with Crippen molar-refractivity contribution in [1.82, 2.24) is 10.2 Å². The highest BCUT2D eigenvalue weighted by atomic mass is 16.8. The highest BCUT2D eigenvalue weighted by Crippen LogP contribution is 2.38. The van der Waals surface area contributed by atoms with Crippen molar-refractivity contribution in [2.45, 2.75) is 33.6 Å². The fourth-order valence-electron chi connectivity index (χ4n) is 3.90. The lowest BCUT2D eigenvalue weighted by Crippen LogP contribution is -2.99. The first kappa shape index (κ1) is 19.7. The van der Waals surface area contributed by atoms with E-state index in [1.807, 2.05) is 0 Å². The molecule has 7 nitrogen and oxygen atoms in total. The third-order valence-corrected chi connectivity index (χ3v) is 5.56. The van der Waals surface area contributed by atoms with Crippen LogP contribution in [0.4, 0.5) is 5.69 Å². The minimum absolute atomic E-state index is 0.184. The van der Waals surface area contributed by atoms with Crippen LogP contribution in [0.2, 0.25) is 0 Å². The summed E-state index contributed by atoms with van der Waals surface area (Å²) in [6, 6.07) is 6.40. The second kappa shape index (κ2) is 8.31. The Kier molecular flexibility index (Phi) is 6.06. The molecule has 0 spiro atoms. The number of aliphatic hydroxyl groups excluding tert-OH is 1. The van der Waals surface area contributed by atoms with Gasteiger partial charge in [-0.15, -0.1) is 10.2 Å². The maximum absolute atomic E-state index is 11.0. The Hall–Kier alpha value is -2.06. The summed E-state index contributed by atoms with van der Waals surface area (Å²) in [5.74, 6) is 2.45. The maximum atomic E-state index is 11.0. The Labute approximate surface area is 158 Å². The molecule has 0 radical (unpaired) electrons. The third-order valence-electron chi connectivity index (χ3n) is 5.56. The second-order valence-corrected chi connectivity index (χ2v) is 7.69. The number of aliphatic hydroxyl groups is 1. The first-order chi connectivity index (χ1) is 12.9. The molecule has 0 bridgehead atoms. The predicted molar refractivity (Wildman–Crippen MR) is 100.0 cm³/mol. The van der Waals surface area contributed by atoms with E-state index in [9.17, 15) is 10.3 Å². The molecule has 4 atom stereocenters. The van der Waals surface area contributed by atoms with Crippen molar-refractivity contribution < 1.29 is 20.0 Å². The molecule has 1 aromatic heterocycles. The van der Waals surface area contributed by atoms with Gasteiger partial charge in [-0.2, -0.15) is 5.23 Å². The smallest absolute Gasteiger partial charge is 0.247 e. The first-order valence-electron chi connectivity index (χ1n) is 9.34. The quantitative estimate of drug-likeness (QED) is 0.531.